The largest absolute Gasteiger partial charge is 0.463 e. The Morgan fingerprint density at radius 2 is 2.00 bits per heavy atom. The molecule has 0 bridgehead atoms. The molecule has 0 amide bonds. The van der Waals surface area contributed by atoms with E-state index in [1.807, 2.05) is 30.5 Å². The number of allylic oxidation sites excluding steroid dienone is 1. The van der Waals surface area contributed by atoms with Gasteiger partial charge in [-0.3, -0.25) is 9.36 Å². The summed E-state index contributed by atoms with van der Waals surface area (Å²) in [6.07, 6.45) is 3.71. The van der Waals surface area contributed by atoms with Crippen molar-refractivity contribution in [3.8, 4) is 11.5 Å². The molecule has 1 atom stereocenters. The van der Waals surface area contributed by atoms with E-state index < -0.39 is 12.0 Å². The summed E-state index contributed by atoms with van der Waals surface area (Å²) in [5.41, 5.74) is 2.04. The van der Waals surface area contributed by atoms with Crippen molar-refractivity contribution < 1.29 is 19.0 Å². The molecule has 2 aliphatic rings. The molecule has 7 nitrogen and oxygen atoms in total. The zero-order valence-electron chi connectivity index (χ0n) is 19.2. The van der Waals surface area contributed by atoms with Gasteiger partial charge in [0.25, 0.3) is 5.56 Å². The molecule has 1 aromatic heterocycles. The first-order valence-electron chi connectivity index (χ1n) is 10.8. The number of hydrogen-bond donors (Lipinski definition) is 0. The third kappa shape index (κ3) is 4.28. The van der Waals surface area contributed by atoms with Crippen LogP contribution < -0.4 is 24.4 Å². The van der Waals surface area contributed by atoms with Gasteiger partial charge < -0.3 is 14.2 Å². The number of carbonyl (C=O) groups is 1. The van der Waals surface area contributed by atoms with Crippen molar-refractivity contribution in [1.82, 2.24) is 4.57 Å². The maximum atomic E-state index is 13.7. The van der Waals surface area contributed by atoms with Gasteiger partial charge in [-0.2, -0.15) is 0 Å². The Kier molecular flexibility index (Phi) is 6.48. The molecule has 180 valence electrons. The number of esters is 1. The van der Waals surface area contributed by atoms with Gasteiger partial charge in [0.1, 0.15) is 0 Å². The van der Waals surface area contributed by atoms with Crippen molar-refractivity contribution in [2.24, 2.45) is 4.99 Å². The fraction of sp³-hybridized carbons (Fsp3) is 0.240. The van der Waals surface area contributed by atoms with E-state index in [1.54, 1.807) is 48.4 Å². The fourth-order valence-electron chi connectivity index (χ4n) is 4.08. The van der Waals surface area contributed by atoms with E-state index in [0.29, 0.717) is 42.7 Å². The highest BCUT2D eigenvalue weighted by Crippen LogP contribution is 2.37. The van der Waals surface area contributed by atoms with Crippen LogP contribution in [0.1, 0.15) is 31.0 Å². The Morgan fingerprint density at radius 3 is 2.69 bits per heavy atom. The minimum absolute atomic E-state index is 0.128. The van der Waals surface area contributed by atoms with Crippen LogP contribution in [0.3, 0.4) is 0 Å². The van der Waals surface area contributed by atoms with Crippen LogP contribution in [-0.2, 0) is 9.53 Å². The Hall–Kier alpha value is -3.01. The molecule has 2 aliphatic heterocycles. The van der Waals surface area contributed by atoms with E-state index in [9.17, 15) is 9.59 Å². The number of thioether (sulfide) groups is 1. The molecule has 0 aliphatic carbocycles. The summed E-state index contributed by atoms with van der Waals surface area (Å²) in [6.45, 7) is 3.87. The summed E-state index contributed by atoms with van der Waals surface area (Å²) in [4.78, 5) is 32.9. The first-order valence-corrected chi connectivity index (χ1v) is 13.3. The molecule has 3 heterocycles. The lowest BCUT2D eigenvalue weighted by Gasteiger charge is -2.24. The highest BCUT2D eigenvalue weighted by Gasteiger charge is 2.33. The quantitative estimate of drug-likeness (QED) is 0.369. The lowest BCUT2D eigenvalue weighted by Crippen LogP contribution is -2.39. The molecule has 0 fully saturated rings. The second-order valence-corrected chi connectivity index (χ2v) is 10.1. The van der Waals surface area contributed by atoms with Gasteiger partial charge in [-0.05, 0) is 55.5 Å². The number of benzene rings is 2. The molecule has 35 heavy (non-hydrogen) atoms. The molecule has 2 aromatic carbocycles. The second kappa shape index (κ2) is 9.56. The summed E-state index contributed by atoms with van der Waals surface area (Å²) in [5, 5.41) is 0.438. The van der Waals surface area contributed by atoms with Gasteiger partial charge in [-0.25, -0.2) is 9.79 Å². The topological polar surface area (TPSA) is 79.1 Å². The summed E-state index contributed by atoms with van der Waals surface area (Å²) in [5.74, 6) is 0.651. The zero-order chi connectivity index (χ0) is 24.7. The highest BCUT2D eigenvalue weighted by atomic mass is 35.5. The van der Waals surface area contributed by atoms with E-state index in [-0.39, 0.29) is 19.0 Å². The predicted octanol–water partition coefficient (Wildman–Crippen LogP) is 3.90. The molecule has 5 rings (SSSR count). The predicted molar refractivity (Wildman–Crippen MR) is 136 cm³/mol. The number of thiazole rings is 1. The van der Waals surface area contributed by atoms with Crippen LogP contribution in [0.4, 0.5) is 0 Å². The third-order valence-corrected chi connectivity index (χ3v) is 7.78. The van der Waals surface area contributed by atoms with E-state index in [4.69, 9.17) is 25.8 Å². The SMILES string of the molecule is CCOC(=O)C1=C(C)N=c2s/c(=C/c3cc4c(cc3Cl)OCO4)c(=O)n2[C@@H]1c1ccc(SC)cc1. The van der Waals surface area contributed by atoms with Crippen LogP contribution in [0, 0.1) is 0 Å². The van der Waals surface area contributed by atoms with Crippen LogP contribution in [-0.4, -0.2) is 30.2 Å². The van der Waals surface area contributed by atoms with Crippen LogP contribution in [0.2, 0.25) is 5.02 Å². The van der Waals surface area contributed by atoms with Crippen molar-refractivity contribution in [1.29, 1.82) is 0 Å². The minimum atomic E-state index is -0.657. The molecular formula is C25H21ClN2O5S2. The number of nitrogens with zero attached hydrogens (tertiary/aromatic N) is 2. The number of halogens is 1. The van der Waals surface area contributed by atoms with Gasteiger partial charge in [0.2, 0.25) is 6.79 Å². The Morgan fingerprint density at radius 1 is 1.29 bits per heavy atom. The summed E-state index contributed by atoms with van der Waals surface area (Å²) in [7, 11) is 0. The van der Waals surface area contributed by atoms with Crippen LogP contribution in [0.5, 0.6) is 11.5 Å². The van der Waals surface area contributed by atoms with Crippen LogP contribution in [0.15, 0.2) is 62.4 Å². The molecule has 0 saturated heterocycles. The van der Waals surface area contributed by atoms with Gasteiger partial charge >= 0.3 is 5.97 Å². The van der Waals surface area contributed by atoms with Crippen LogP contribution >= 0.6 is 34.7 Å². The Balaban J connectivity index is 1.70. The van der Waals surface area contributed by atoms with Crippen molar-refractivity contribution in [3.63, 3.8) is 0 Å². The summed E-state index contributed by atoms with van der Waals surface area (Å²) >= 11 is 9.31. The van der Waals surface area contributed by atoms with Crippen molar-refractivity contribution in [2.45, 2.75) is 24.8 Å². The maximum Gasteiger partial charge on any atom is 0.338 e. The second-order valence-electron chi connectivity index (χ2n) is 7.80. The van der Waals surface area contributed by atoms with Crippen LogP contribution in [0.25, 0.3) is 6.08 Å². The van der Waals surface area contributed by atoms with E-state index >= 15 is 0 Å². The molecule has 10 heteroatoms. The summed E-state index contributed by atoms with van der Waals surface area (Å²) in [6, 6.07) is 10.6. The number of hydrogen-bond acceptors (Lipinski definition) is 8. The third-order valence-electron chi connectivity index (χ3n) is 5.73. The van der Waals surface area contributed by atoms with Gasteiger partial charge in [0, 0.05) is 11.0 Å². The van der Waals surface area contributed by atoms with E-state index in [0.717, 1.165) is 10.5 Å². The molecule has 0 saturated carbocycles. The minimum Gasteiger partial charge on any atom is -0.463 e. The first-order chi connectivity index (χ1) is 16.9. The lowest BCUT2D eigenvalue weighted by atomic mass is 9.96. The van der Waals surface area contributed by atoms with Gasteiger partial charge in [0.05, 0.1) is 33.5 Å². The molecule has 3 aromatic rings. The number of carbonyl (C=O) groups excluding carboxylic acids is 1. The number of ether oxygens (including phenoxy) is 3. The van der Waals surface area contributed by atoms with E-state index in [2.05, 4.69) is 4.99 Å². The highest BCUT2D eigenvalue weighted by molar-refractivity contribution is 7.98. The molecular weight excluding hydrogens is 508 g/mol. The average Bonchev–Trinajstić information content (AvgIpc) is 3.42. The molecule has 0 spiro atoms. The fourth-order valence-corrected chi connectivity index (χ4v) is 5.73. The first kappa shape index (κ1) is 23.7. The lowest BCUT2D eigenvalue weighted by molar-refractivity contribution is -0.139. The molecule has 0 radical (unpaired) electrons. The standard InChI is InChI=1S/C25H21ClN2O5S2/c1-4-31-24(30)21-13(2)27-25-28(22(21)14-5-7-16(34-3)8-6-14)23(29)20(35-25)10-15-9-18-19(11-17(15)26)33-12-32-18/h5-11,22H,4,12H2,1-3H3/b20-10+/t22-/m1/s1. The van der Waals surface area contributed by atoms with Gasteiger partial charge in [0.15, 0.2) is 16.3 Å². The Labute approximate surface area is 214 Å². The van der Waals surface area contributed by atoms with Gasteiger partial charge in [-0.1, -0.05) is 35.1 Å². The summed E-state index contributed by atoms with van der Waals surface area (Å²) < 4.78 is 18.2. The van der Waals surface area contributed by atoms with Gasteiger partial charge in [-0.15, -0.1) is 11.8 Å². The van der Waals surface area contributed by atoms with Crippen molar-refractivity contribution in [2.75, 3.05) is 19.7 Å². The number of fused-ring (bicyclic) bond motifs is 2. The number of aromatic nitrogens is 1. The molecule has 0 N–H and O–H groups in total. The maximum absolute atomic E-state index is 13.7. The van der Waals surface area contributed by atoms with Crippen molar-refractivity contribution >= 4 is 46.7 Å². The smallest absolute Gasteiger partial charge is 0.338 e. The average molecular weight is 529 g/mol. The Bertz CT molecular complexity index is 1540. The number of rotatable bonds is 5. The zero-order valence-corrected chi connectivity index (χ0v) is 21.6. The normalized spacial score (nSPS) is 16.8. The monoisotopic (exact) mass is 528 g/mol. The van der Waals surface area contributed by atoms with Crippen molar-refractivity contribution in [3.05, 3.63) is 83.5 Å². The van der Waals surface area contributed by atoms with E-state index in [1.165, 1.54) is 11.3 Å². The molecule has 0 unspecified atom stereocenters.